The summed E-state index contributed by atoms with van der Waals surface area (Å²) in [5.74, 6) is 0.734. The molecule has 2 aromatic rings. The van der Waals surface area contributed by atoms with Crippen LogP contribution in [-0.2, 0) is 6.42 Å². The lowest BCUT2D eigenvalue weighted by Gasteiger charge is -1.98. The molecule has 2 N–H and O–H groups in total. The molecule has 0 amide bonds. The van der Waals surface area contributed by atoms with Gasteiger partial charge in [0.1, 0.15) is 5.82 Å². The van der Waals surface area contributed by atoms with Gasteiger partial charge in [-0.25, -0.2) is 9.97 Å². The van der Waals surface area contributed by atoms with Gasteiger partial charge in [0.2, 0.25) is 0 Å². The molecule has 2 heterocycles. The van der Waals surface area contributed by atoms with Crippen LogP contribution in [0.15, 0.2) is 36.8 Å². The van der Waals surface area contributed by atoms with Crippen LogP contribution in [0, 0.1) is 0 Å². The first kappa shape index (κ1) is 8.62. The molecular formula is C10H10N4. The first-order valence-electron chi connectivity index (χ1n) is 4.31. The molecule has 0 aliphatic heterocycles. The first-order valence-corrected chi connectivity index (χ1v) is 4.31. The Morgan fingerprint density at radius 2 is 1.86 bits per heavy atom. The van der Waals surface area contributed by atoms with E-state index in [2.05, 4.69) is 15.0 Å². The van der Waals surface area contributed by atoms with Crippen molar-refractivity contribution in [3.63, 3.8) is 0 Å². The average Bonchev–Trinajstić information content (AvgIpc) is 2.23. The van der Waals surface area contributed by atoms with E-state index in [1.54, 1.807) is 18.6 Å². The average molecular weight is 186 g/mol. The quantitative estimate of drug-likeness (QED) is 0.761. The highest BCUT2D eigenvalue weighted by Gasteiger charge is 1.98. The summed E-state index contributed by atoms with van der Waals surface area (Å²) in [5, 5.41) is 0. The fraction of sp³-hybridized carbons (Fsp3) is 0.100. The molecule has 0 aromatic carbocycles. The van der Waals surface area contributed by atoms with Gasteiger partial charge in [0, 0.05) is 18.3 Å². The van der Waals surface area contributed by atoms with E-state index < -0.39 is 0 Å². The first-order chi connectivity index (χ1) is 6.84. The van der Waals surface area contributed by atoms with Crippen molar-refractivity contribution in [2.24, 2.45) is 0 Å². The maximum Gasteiger partial charge on any atom is 0.134 e. The molecule has 14 heavy (non-hydrogen) atoms. The molecule has 0 fully saturated rings. The predicted molar refractivity (Wildman–Crippen MR) is 53.5 cm³/mol. The number of nitrogens with two attached hydrogens (primary N) is 1. The Morgan fingerprint density at radius 3 is 2.50 bits per heavy atom. The summed E-state index contributed by atoms with van der Waals surface area (Å²) in [5.41, 5.74) is 7.01. The molecule has 0 saturated carbocycles. The molecule has 0 unspecified atom stereocenters. The van der Waals surface area contributed by atoms with Crippen LogP contribution in [0.25, 0.3) is 0 Å². The van der Waals surface area contributed by atoms with Gasteiger partial charge in [-0.1, -0.05) is 6.07 Å². The molecule has 4 nitrogen and oxygen atoms in total. The van der Waals surface area contributed by atoms with Gasteiger partial charge in [0.15, 0.2) is 0 Å². The minimum absolute atomic E-state index is 0.578. The number of rotatable bonds is 2. The molecule has 0 spiro atoms. The van der Waals surface area contributed by atoms with Gasteiger partial charge in [-0.3, -0.25) is 4.98 Å². The van der Waals surface area contributed by atoms with E-state index in [9.17, 15) is 0 Å². The van der Waals surface area contributed by atoms with Crippen LogP contribution in [-0.4, -0.2) is 15.0 Å². The van der Waals surface area contributed by atoms with Gasteiger partial charge in [-0.15, -0.1) is 0 Å². The molecule has 0 aliphatic rings. The zero-order valence-corrected chi connectivity index (χ0v) is 7.59. The number of nitrogen functional groups attached to an aromatic ring is 1. The third-order valence-electron chi connectivity index (χ3n) is 1.79. The second kappa shape index (κ2) is 3.83. The predicted octanol–water partition coefficient (Wildman–Crippen LogP) is 1.04. The summed E-state index contributed by atoms with van der Waals surface area (Å²) in [4.78, 5) is 12.4. The lowest BCUT2D eigenvalue weighted by Crippen LogP contribution is -1.98. The largest absolute Gasteiger partial charge is 0.396 e. The van der Waals surface area contributed by atoms with Crippen molar-refractivity contribution in [3.8, 4) is 0 Å². The lowest BCUT2D eigenvalue weighted by atomic mass is 10.2. The minimum Gasteiger partial charge on any atom is -0.396 e. The van der Waals surface area contributed by atoms with E-state index in [1.807, 2.05) is 18.2 Å². The Morgan fingerprint density at radius 1 is 1.07 bits per heavy atom. The van der Waals surface area contributed by atoms with Crippen molar-refractivity contribution in [3.05, 3.63) is 48.3 Å². The van der Waals surface area contributed by atoms with Crippen LogP contribution >= 0.6 is 0 Å². The summed E-state index contributed by atoms with van der Waals surface area (Å²) < 4.78 is 0. The van der Waals surface area contributed by atoms with Crippen LogP contribution in [0.2, 0.25) is 0 Å². The van der Waals surface area contributed by atoms with Gasteiger partial charge in [-0.05, 0) is 12.1 Å². The molecule has 0 bridgehead atoms. The second-order valence-corrected chi connectivity index (χ2v) is 2.93. The molecule has 2 aromatic heterocycles. The highest BCUT2D eigenvalue weighted by molar-refractivity contribution is 5.30. The molecular weight excluding hydrogens is 176 g/mol. The highest BCUT2D eigenvalue weighted by Crippen LogP contribution is 2.02. The van der Waals surface area contributed by atoms with Crippen molar-refractivity contribution < 1.29 is 0 Å². The zero-order valence-electron chi connectivity index (χ0n) is 7.59. The summed E-state index contributed by atoms with van der Waals surface area (Å²) in [7, 11) is 0. The van der Waals surface area contributed by atoms with E-state index in [4.69, 9.17) is 5.73 Å². The number of aromatic nitrogens is 3. The Bertz CT molecular complexity index is 396. The fourth-order valence-corrected chi connectivity index (χ4v) is 1.12. The Kier molecular flexibility index (Phi) is 2.36. The standard InChI is InChI=1S/C10H10N4/c11-8-6-13-10(14-7-8)5-9-3-1-2-4-12-9/h1-4,6-7H,5,11H2. The van der Waals surface area contributed by atoms with Gasteiger partial charge in [0.25, 0.3) is 0 Å². The number of pyridine rings is 1. The van der Waals surface area contributed by atoms with E-state index in [1.165, 1.54) is 0 Å². The van der Waals surface area contributed by atoms with Crippen molar-refractivity contribution in [2.45, 2.75) is 6.42 Å². The second-order valence-electron chi connectivity index (χ2n) is 2.93. The van der Waals surface area contributed by atoms with E-state index in [0.29, 0.717) is 12.1 Å². The monoisotopic (exact) mass is 186 g/mol. The van der Waals surface area contributed by atoms with Gasteiger partial charge < -0.3 is 5.73 Å². The minimum atomic E-state index is 0.578. The maximum absolute atomic E-state index is 5.48. The Labute approximate surface area is 81.9 Å². The summed E-state index contributed by atoms with van der Waals surface area (Å²) in [6, 6.07) is 5.77. The number of hydrogen-bond donors (Lipinski definition) is 1. The van der Waals surface area contributed by atoms with Gasteiger partial charge in [0.05, 0.1) is 18.1 Å². The van der Waals surface area contributed by atoms with E-state index in [-0.39, 0.29) is 0 Å². The molecule has 0 atom stereocenters. The highest BCUT2D eigenvalue weighted by atomic mass is 14.9. The summed E-state index contributed by atoms with van der Waals surface area (Å²) >= 11 is 0. The third-order valence-corrected chi connectivity index (χ3v) is 1.79. The van der Waals surface area contributed by atoms with Crippen LogP contribution in [0.3, 0.4) is 0 Å². The third kappa shape index (κ3) is 2.04. The molecule has 0 aliphatic carbocycles. The molecule has 0 saturated heterocycles. The zero-order chi connectivity index (χ0) is 9.80. The number of hydrogen-bond acceptors (Lipinski definition) is 4. The SMILES string of the molecule is Nc1cnc(Cc2ccccn2)nc1. The lowest BCUT2D eigenvalue weighted by molar-refractivity contribution is 0.937. The number of anilines is 1. The molecule has 0 radical (unpaired) electrons. The molecule has 70 valence electrons. The van der Waals surface area contributed by atoms with Crippen molar-refractivity contribution >= 4 is 5.69 Å². The van der Waals surface area contributed by atoms with Crippen LogP contribution < -0.4 is 5.73 Å². The van der Waals surface area contributed by atoms with Gasteiger partial charge >= 0.3 is 0 Å². The Hall–Kier alpha value is -1.97. The fourth-order valence-electron chi connectivity index (χ4n) is 1.12. The number of nitrogens with zero attached hydrogens (tertiary/aromatic N) is 3. The van der Waals surface area contributed by atoms with E-state index >= 15 is 0 Å². The van der Waals surface area contributed by atoms with Crippen molar-refractivity contribution in [1.82, 2.24) is 15.0 Å². The van der Waals surface area contributed by atoms with Crippen LogP contribution in [0.4, 0.5) is 5.69 Å². The Balaban J connectivity index is 2.16. The van der Waals surface area contributed by atoms with Crippen LogP contribution in [0.5, 0.6) is 0 Å². The van der Waals surface area contributed by atoms with Crippen molar-refractivity contribution in [2.75, 3.05) is 5.73 Å². The molecule has 2 rings (SSSR count). The topological polar surface area (TPSA) is 64.7 Å². The van der Waals surface area contributed by atoms with Crippen LogP contribution in [0.1, 0.15) is 11.5 Å². The maximum atomic E-state index is 5.48. The van der Waals surface area contributed by atoms with Crippen molar-refractivity contribution in [1.29, 1.82) is 0 Å². The normalized spacial score (nSPS) is 10.0. The van der Waals surface area contributed by atoms with E-state index in [0.717, 1.165) is 11.5 Å². The summed E-state index contributed by atoms with van der Waals surface area (Å²) in [6.45, 7) is 0. The summed E-state index contributed by atoms with van der Waals surface area (Å²) in [6.07, 6.45) is 5.60. The smallest absolute Gasteiger partial charge is 0.134 e. The van der Waals surface area contributed by atoms with Gasteiger partial charge in [-0.2, -0.15) is 0 Å². The molecule has 4 heteroatoms.